The van der Waals surface area contributed by atoms with Crippen LogP contribution in [0.1, 0.15) is 30.9 Å². The van der Waals surface area contributed by atoms with Gasteiger partial charge >= 0.3 is 0 Å². The SMILES string of the molecule is COc1ccc(-c2nnc3ccc(OCCNC(=O)COc4cc(C)ccc4C(C)C)nn23)c(OC)c1. The van der Waals surface area contributed by atoms with Crippen LogP contribution in [0.25, 0.3) is 17.0 Å². The molecule has 10 heteroatoms. The number of rotatable bonds is 11. The Morgan fingerprint density at radius 2 is 1.81 bits per heavy atom. The number of amides is 1. The fraction of sp³-hybridized carbons (Fsp3) is 0.333. The first-order valence-electron chi connectivity index (χ1n) is 12.0. The minimum absolute atomic E-state index is 0.0683. The summed E-state index contributed by atoms with van der Waals surface area (Å²) in [7, 11) is 3.17. The van der Waals surface area contributed by atoms with Gasteiger partial charge in [0, 0.05) is 12.1 Å². The van der Waals surface area contributed by atoms with Crippen LogP contribution in [0.3, 0.4) is 0 Å². The van der Waals surface area contributed by atoms with Gasteiger partial charge in [-0.1, -0.05) is 26.0 Å². The van der Waals surface area contributed by atoms with E-state index in [9.17, 15) is 4.79 Å². The van der Waals surface area contributed by atoms with Gasteiger partial charge in [-0.05, 0) is 48.2 Å². The van der Waals surface area contributed by atoms with Crippen LogP contribution in [-0.4, -0.2) is 59.7 Å². The smallest absolute Gasteiger partial charge is 0.258 e. The molecule has 0 fully saturated rings. The van der Waals surface area contributed by atoms with Crippen molar-refractivity contribution in [2.45, 2.75) is 26.7 Å². The molecule has 2 aromatic carbocycles. The molecule has 0 aliphatic heterocycles. The van der Waals surface area contributed by atoms with Gasteiger partial charge in [-0.3, -0.25) is 4.79 Å². The van der Waals surface area contributed by atoms with Crippen LogP contribution in [0.4, 0.5) is 0 Å². The van der Waals surface area contributed by atoms with Crippen molar-refractivity contribution < 1.29 is 23.7 Å². The first-order valence-corrected chi connectivity index (χ1v) is 12.0. The summed E-state index contributed by atoms with van der Waals surface area (Å²) >= 11 is 0. The second-order valence-electron chi connectivity index (χ2n) is 8.71. The maximum Gasteiger partial charge on any atom is 0.258 e. The Kier molecular flexibility index (Phi) is 8.07. The zero-order valence-corrected chi connectivity index (χ0v) is 21.6. The molecule has 37 heavy (non-hydrogen) atoms. The van der Waals surface area contributed by atoms with Crippen LogP contribution in [0.5, 0.6) is 23.1 Å². The van der Waals surface area contributed by atoms with E-state index in [4.69, 9.17) is 18.9 Å². The maximum atomic E-state index is 12.3. The van der Waals surface area contributed by atoms with Gasteiger partial charge in [0.2, 0.25) is 5.88 Å². The number of hydrogen-bond acceptors (Lipinski definition) is 8. The van der Waals surface area contributed by atoms with E-state index in [2.05, 4.69) is 34.5 Å². The van der Waals surface area contributed by atoms with Gasteiger partial charge < -0.3 is 24.3 Å². The predicted octanol–water partition coefficient (Wildman–Crippen LogP) is 3.81. The molecule has 0 bridgehead atoms. The third-order valence-electron chi connectivity index (χ3n) is 5.71. The Morgan fingerprint density at radius 1 is 0.973 bits per heavy atom. The van der Waals surface area contributed by atoms with Gasteiger partial charge in [0.15, 0.2) is 18.1 Å². The average Bonchev–Trinajstić information content (AvgIpc) is 3.32. The highest BCUT2D eigenvalue weighted by Gasteiger charge is 2.16. The normalized spacial score (nSPS) is 11.0. The van der Waals surface area contributed by atoms with Gasteiger partial charge in [0.1, 0.15) is 23.9 Å². The largest absolute Gasteiger partial charge is 0.497 e. The van der Waals surface area contributed by atoms with Crippen LogP contribution >= 0.6 is 0 Å². The molecule has 194 valence electrons. The monoisotopic (exact) mass is 505 g/mol. The summed E-state index contributed by atoms with van der Waals surface area (Å²) in [5.41, 5.74) is 3.42. The lowest BCUT2D eigenvalue weighted by Gasteiger charge is -2.15. The number of aryl methyl sites for hydroxylation is 1. The molecule has 1 amide bonds. The molecule has 0 aliphatic carbocycles. The second-order valence-corrected chi connectivity index (χ2v) is 8.71. The van der Waals surface area contributed by atoms with Gasteiger partial charge in [-0.15, -0.1) is 15.3 Å². The molecular formula is C27H31N5O5. The summed E-state index contributed by atoms with van der Waals surface area (Å²) in [5.74, 6) is 2.92. The first kappa shape index (κ1) is 25.7. The maximum absolute atomic E-state index is 12.3. The third kappa shape index (κ3) is 6.08. The van der Waals surface area contributed by atoms with Crippen molar-refractivity contribution in [2.24, 2.45) is 0 Å². The fourth-order valence-electron chi connectivity index (χ4n) is 3.78. The number of ether oxygens (including phenoxy) is 4. The number of hydrogen-bond donors (Lipinski definition) is 1. The predicted molar refractivity (Wildman–Crippen MR) is 139 cm³/mol. The highest BCUT2D eigenvalue weighted by atomic mass is 16.5. The van der Waals surface area contributed by atoms with Crippen molar-refractivity contribution >= 4 is 11.6 Å². The lowest BCUT2D eigenvalue weighted by Crippen LogP contribution is -2.32. The lowest BCUT2D eigenvalue weighted by molar-refractivity contribution is -0.123. The topological polar surface area (TPSA) is 109 Å². The van der Waals surface area contributed by atoms with E-state index >= 15 is 0 Å². The molecule has 4 aromatic rings. The van der Waals surface area contributed by atoms with E-state index in [1.807, 2.05) is 37.3 Å². The standard InChI is InChI=1S/C27H31N5O5/c1-17(2)20-8-6-18(3)14-23(20)37-16-25(33)28-12-13-36-26-11-10-24-29-30-27(32(24)31-26)21-9-7-19(34-4)15-22(21)35-5/h6-11,14-15,17H,12-13,16H2,1-5H3,(H,28,33). The van der Waals surface area contributed by atoms with Crippen molar-refractivity contribution in [2.75, 3.05) is 34.0 Å². The van der Waals surface area contributed by atoms with E-state index in [1.54, 1.807) is 36.9 Å². The summed E-state index contributed by atoms with van der Waals surface area (Å²) < 4.78 is 23.9. The van der Waals surface area contributed by atoms with Crippen LogP contribution in [0, 0.1) is 6.92 Å². The fourth-order valence-corrected chi connectivity index (χ4v) is 3.78. The van der Waals surface area contributed by atoms with Crippen molar-refractivity contribution in [3.05, 3.63) is 59.7 Å². The summed E-state index contributed by atoms with van der Waals surface area (Å²) in [6, 6.07) is 14.9. The molecule has 10 nitrogen and oxygen atoms in total. The van der Waals surface area contributed by atoms with Crippen LogP contribution in [-0.2, 0) is 4.79 Å². The molecule has 0 atom stereocenters. The molecule has 0 radical (unpaired) electrons. The summed E-state index contributed by atoms with van der Waals surface area (Å²) in [6.45, 7) is 6.65. The van der Waals surface area contributed by atoms with Crippen molar-refractivity contribution in [3.8, 4) is 34.5 Å². The summed E-state index contributed by atoms with van der Waals surface area (Å²) in [5, 5.41) is 15.7. The molecule has 0 spiro atoms. The molecule has 1 N–H and O–H groups in total. The number of carbonyl (C=O) groups is 1. The van der Waals surface area contributed by atoms with Crippen LogP contribution in [0.15, 0.2) is 48.5 Å². The zero-order valence-electron chi connectivity index (χ0n) is 21.6. The summed E-state index contributed by atoms with van der Waals surface area (Å²) in [6.07, 6.45) is 0. The summed E-state index contributed by atoms with van der Waals surface area (Å²) in [4.78, 5) is 12.3. The molecule has 0 unspecified atom stereocenters. The highest BCUT2D eigenvalue weighted by molar-refractivity contribution is 5.77. The molecule has 4 rings (SSSR count). The third-order valence-corrected chi connectivity index (χ3v) is 5.71. The Hall–Kier alpha value is -4.34. The van der Waals surface area contributed by atoms with E-state index in [0.29, 0.717) is 46.9 Å². The molecular weight excluding hydrogens is 474 g/mol. The van der Waals surface area contributed by atoms with Gasteiger partial charge in [-0.25, -0.2) is 0 Å². The molecule has 0 saturated heterocycles. The average molecular weight is 506 g/mol. The van der Waals surface area contributed by atoms with E-state index in [0.717, 1.165) is 16.9 Å². The quantitative estimate of drug-likeness (QED) is 0.307. The van der Waals surface area contributed by atoms with Gasteiger partial charge in [-0.2, -0.15) is 4.52 Å². The van der Waals surface area contributed by atoms with E-state index in [1.165, 1.54) is 0 Å². The molecule has 0 saturated carbocycles. The number of nitrogens with zero attached hydrogens (tertiary/aromatic N) is 4. The number of nitrogens with one attached hydrogen (secondary N) is 1. The first-order chi connectivity index (χ1) is 17.9. The van der Waals surface area contributed by atoms with Crippen LogP contribution in [0.2, 0.25) is 0 Å². The molecule has 0 aliphatic rings. The van der Waals surface area contributed by atoms with Crippen molar-refractivity contribution in [1.82, 2.24) is 25.1 Å². The minimum atomic E-state index is -0.226. The van der Waals surface area contributed by atoms with Gasteiger partial charge in [0.25, 0.3) is 5.91 Å². The number of fused-ring (bicyclic) bond motifs is 1. The van der Waals surface area contributed by atoms with Crippen LogP contribution < -0.4 is 24.3 Å². The molecule has 2 aromatic heterocycles. The second kappa shape index (κ2) is 11.6. The Bertz CT molecular complexity index is 1390. The lowest BCUT2D eigenvalue weighted by atomic mass is 10.0. The Balaban J connectivity index is 1.34. The van der Waals surface area contributed by atoms with E-state index in [-0.39, 0.29) is 19.1 Å². The number of methoxy groups -OCH3 is 2. The van der Waals surface area contributed by atoms with Crippen molar-refractivity contribution in [3.63, 3.8) is 0 Å². The number of carbonyl (C=O) groups excluding carboxylic acids is 1. The van der Waals surface area contributed by atoms with E-state index < -0.39 is 0 Å². The zero-order chi connectivity index (χ0) is 26.4. The van der Waals surface area contributed by atoms with Crippen molar-refractivity contribution in [1.29, 1.82) is 0 Å². The Labute approximate surface area is 215 Å². The van der Waals surface area contributed by atoms with Gasteiger partial charge in [0.05, 0.1) is 26.3 Å². The number of aromatic nitrogens is 4. The Morgan fingerprint density at radius 3 is 2.57 bits per heavy atom. The molecule has 2 heterocycles. The minimum Gasteiger partial charge on any atom is -0.497 e. The highest BCUT2D eigenvalue weighted by Crippen LogP contribution is 2.32. The number of benzene rings is 2.